The highest BCUT2D eigenvalue weighted by Crippen LogP contribution is 2.10. The Morgan fingerprint density at radius 3 is 2.86 bits per heavy atom. The van der Waals surface area contributed by atoms with Gasteiger partial charge in [-0.05, 0) is 44.9 Å². The number of rotatable bonds is 6. The summed E-state index contributed by atoms with van der Waals surface area (Å²) in [5, 5.41) is 6.50. The molecular weight excluding hydrogens is 288 g/mol. The molecule has 2 N–H and O–H groups in total. The molecule has 1 amide bonds. The third-order valence-electron chi connectivity index (χ3n) is 3.67. The van der Waals surface area contributed by atoms with Crippen LogP contribution in [0, 0.1) is 0 Å². The van der Waals surface area contributed by atoms with E-state index in [2.05, 4.69) is 17.6 Å². The van der Waals surface area contributed by atoms with E-state index in [4.69, 9.17) is 4.74 Å². The fourth-order valence-corrected chi connectivity index (χ4v) is 2.46. The van der Waals surface area contributed by atoms with Crippen molar-refractivity contribution in [2.24, 2.45) is 0 Å². The van der Waals surface area contributed by atoms with Crippen LogP contribution in [0.2, 0.25) is 0 Å². The predicted molar refractivity (Wildman–Crippen MR) is 87.0 cm³/mol. The largest absolute Gasteiger partial charge is 0.494 e. The normalized spacial score (nSPS) is 21.2. The van der Waals surface area contributed by atoms with Gasteiger partial charge in [0.1, 0.15) is 5.75 Å². The van der Waals surface area contributed by atoms with Gasteiger partial charge in [0.2, 0.25) is 5.91 Å². The van der Waals surface area contributed by atoms with Crippen LogP contribution in [0.1, 0.15) is 32.6 Å². The number of hydrogen-bond donors (Lipinski definition) is 2. The van der Waals surface area contributed by atoms with Gasteiger partial charge >= 0.3 is 0 Å². The highest BCUT2D eigenvalue weighted by Gasteiger charge is 2.21. The van der Waals surface area contributed by atoms with Gasteiger partial charge in [0.05, 0.1) is 6.61 Å². The van der Waals surface area contributed by atoms with Crippen molar-refractivity contribution >= 4 is 18.3 Å². The van der Waals surface area contributed by atoms with E-state index in [0.29, 0.717) is 19.1 Å². The zero-order chi connectivity index (χ0) is 14.2. The number of carbonyl (C=O) groups excluding carboxylic acids is 1. The van der Waals surface area contributed by atoms with Crippen LogP contribution in [-0.2, 0) is 4.79 Å². The second-order valence-electron chi connectivity index (χ2n) is 5.32. The van der Waals surface area contributed by atoms with Crippen molar-refractivity contribution in [3.63, 3.8) is 0 Å². The first-order chi connectivity index (χ1) is 9.75. The van der Waals surface area contributed by atoms with Gasteiger partial charge in [-0.1, -0.05) is 18.2 Å². The van der Waals surface area contributed by atoms with Crippen LogP contribution >= 0.6 is 12.4 Å². The Hall–Kier alpha value is -1.26. The summed E-state index contributed by atoms with van der Waals surface area (Å²) in [7, 11) is 0. The Morgan fingerprint density at radius 2 is 2.14 bits per heavy atom. The maximum Gasteiger partial charge on any atom is 0.220 e. The first-order valence-corrected chi connectivity index (χ1v) is 7.46. The predicted octanol–water partition coefficient (Wildman–Crippen LogP) is 2.52. The van der Waals surface area contributed by atoms with Crippen LogP contribution in [0.15, 0.2) is 30.3 Å². The first kappa shape index (κ1) is 17.8. The molecule has 0 aromatic heterocycles. The summed E-state index contributed by atoms with van der Waals surface area (Å²) in [6.07, 6.45) is 3.47. The van der Waals surface area contributed by atoms with E-state index in [1.165, 1.54) is 0 Å². The van der Waals surface area contributed by atoms with Crippen molar-refractivity contribution in [1.82, 2.24) is 10.6 Å². The molecule has 2 unspecified atom stereocenters. The van der Waals surface area contributed by atoms with Gasteiger partial charge in [-0.3, -0.25) is 4.79 Å². The fraction of sp³-hybridized carbons (Fsp3) is 0.562. The number of carbonyl (C=O) groups is 1. The molecule has 4 nitrogen and oxygen atoms in total. The fourth-order valence-electron chi connectivity index (χ4n) is 2.46. The molecular formula is C16H25ClN2O2. The van der Waals surface area contributed by atoms with Gasteiger partial charge in [-0.2, -0.15) is 0 Å². The molecule has 1 aromatic carbocycles. The quantitative estimate of drug-likeness (QED) is 0.794. The number of nitrogens with one attached hydrogen (secondary N) is 2. The molecule has 0 saturated carbocycles. The standard InChI is InChI=1S/C16H24N2O2.ClH/c1-13-15(9-5-11-17-13)18-16(19)10-6-12-20-14-7-3-2-4-8-14;/h2-4,7-8,13,15,17H,5-6,9-12H2,1H3,(H,18,19);1H. The Morgan fingerprint density at radius 1 is 1.38 bits per heavy atom. The number of ether oxygens (including phenoxy) is 1. The SMILES string of the molecule is CC1NCCCC1NC(=O)CCCOc1ccccc1.Cl. The maximum absolute atomic E-state index is 11.9. The molecule has 2 atom stereocenters. The average Bonchev–Trinajstić information content (AvgIpc) is 2.47. The van der Waals surface area contributed by atoms with Gasteiger partial charge in [-0.15, -0.1) is 12.4 Å². The van der Waals surface area contributed by atoms with Gasteiger partial charge in [0, 0.05) is 18.5 Å². The lowest BCUT2D eigenvalue weighted by molar-refractivity contribution is -0.122. The van der Waals surface area contributed by atoms with Crippen molar-refractivity contribution in [2.75, 3.05) is 13.2 Å². The Balaban J connectivity index is 0.00000220. The molecule has 1 aromatic rings. The van der Waals surface area contributed by atoms with Crippen molar-refractivity contribution in [3.05, 3.63) is 30.3 Å². The minimum absolute atomic E-state index is 0. The molecule has 21 heavy (non-hydrogen) atoms. The van der Waals surface area contributed by atoms with E-state index >= 15 is 0 Å². The van der Waals surface area contributed by atoms with E-state index in [-0.39, 0.29) is 24.4 Å². The summed E-state index contributed by atoms with van der Waals surface area (Å²) in [5.41, 5.74) is 0. The lowest BCUT2D eigenvalue weighted by Crippen LogP contribution is -2.51. The second kappa shape index (κ2) is 9.64. The smallest absolute Gasteiger partial charge is 0.220 e. The van der Waals surface area contributed by atoms with E-state index in [1.54, 1.807) is 0 Å². The highest BCUT2D eigenvalue weighted by molar-refractivity contribution is 5.85. The molecule has 1 aliphatic rings. The van der Waals surface area contributed by atoms with Gasteiger partial charge in [-0.25, -0.2) is 0 Å². The lowest BCUT2D eigenvalue weighted by Gasteiger charge is -2.30. The topological polar surface area (TPSA) is 50.4 Å². The van der Waals surface area contributed by atoms with Crippen LogP contribution in [0.5, 0.6) is 5.75 Å². The molecule has 1 heterocycles. The minimum Gasteiger partial charge on any atom is -0.494 e. The number of benzene rings is 1. The highest BCUT2D eigenvalue weighted by atomic mass is 35.5. The molecule has 5 heteroatoms. The zero-order valence-electron chi connectivity index (χ0n) is 12.5. The van der Waals surface area contributed by atoms with E-state index in [1.807, 2.05) is 30.3 Å². The molecule has 0 radical (unpaired) electrons. The van der Waals surface area contributed by atoms with Crippen molar-refractivity contribution < 1.29 is 9.53 Å². The minimum atomic E-state index is 0. The van der Waals surface area contributed by atoms with Crippen LogP contribution in [0.4, 0.5) is 0 Å². The number of halogens is 1. The van der Waals surface area contributed by atoms with Crippen molar-refractivity contribution in [1.29, 1.82) is 0 Å². The van der Waals surface area contributed by atoms with Crippen LogP contribution in [0.25, 0.3) is 0 Å². The summed E-state index contributed by atoms with van der Waals surface area (Å²) < 4.78 is 5.58. The summed E-state index contributed by atoms with van der Waals surface area (Å²) in [6.45, 7) is 3.76. The number of hydrogen-bond acceptors (Lipinski definition) is 3. The van der Waals surface area contributed by atoms with Gasteiger partial charge in [0.15, 0.2) is 0 Å². The molecule has 0 aliphatic carbocycles. The maximum atomic E-state index is 11.9. The second-order valence-corrected chi connectivity index (χ2v) is 5.32. The molecule has 1 fully saturated rings. The third kappa shape index (κ3) is 6.36. The summed E-state index contributed by atoms with van der Waals surface area (Å²) in [5.74, 6) is 0.986. The average molecular weight is 313 g/mol. The molecule has 1 saturated heterocycles. The summed E-state index contributed by atoms with van der Waals surface area (Å²) in [4.78, 5) is 11.9. The van der Waals surface area contributed by atoms with E-state index in [9.17, 15) is 4.79 Å². The molecule has 0 bridgehead atoms. The van der Waals surface area contributed by atoms with Gasteiger partial charge in [0.25, 0.3) is 0 Å². The number of amides is 1. The van der Waals surface area contributed by atoms with Crippen molar-refractivity contribution in [3.8, 4) is 5.75 Å². The Kier molecular flexibility index (Phi) is 8.16. The molecule has 1 aliphatic heterocycles. The van der Waals surface area contributed by atoms with Gasteiger partial charge < -0.3 is 15.4 Å². The zero-order valence-corrected chi connectivity index (χ0v) is 13.3. The Labute approximate surface area is 133 Å². The van der Waals surface area contributed by atoms with E-state index in [0.717, 1.165) is 31.6 Å². The summed E-state index contributed by atoms with van der Waals surface area (Å²) in [6, 6.07) is 10.3. The third-order valence-corrected chi connectivity index (χ3v) is 3.67. The van der Waals surface area contributed by atoms with Crippen molar-refractivity contribution in [2.45, 2.75) is 44.7 Å². The molecule has 0 spiro atoms. The molecule has 118 valence electrons. The monoisotopic (exact) mass is 312 g/mol. The van der Waals surface area contributed by atoms with Crippen LogP contribution in [-0.4, -0.2) is 31.1 Å². The molecule has 2 rings (SSSR count). The van der Waals surface area contributed by atoms with Crippen LogP contribution < -0.4 is 15.4 Å². The van der Waals surface area contributed by atoms with E-state index < -0.39 is 0 Å². The number of piperidine rings is 1. The first-order valence-electron chi connectivity index (χ1n) is 7.46. The number of para-hydroxylation sites is 1. The Bertz CT molecular complexity index is 414. The lowest BCUT2D eigenvalue weighted by atomic mass is 10.00. The summed E-state index contributed by atoms with van der Waals surface area (Å²) >= 11 is 0. The van der Waals surface area contributed by atoms with Crippen LogP contribution in [0.3, 0.4) is 0 Å².